The fourth-order valence-corrected chi connectivity index (χ4v) is 3.16. The Bertz CT molecular complexity index is 708. The van der Waals surface area contributed by atoms with Crippen LogP contribution in [0.15, 0.2) is 18.2 Å². The van der Waals surface area contributed by atoms with Crippen molar-refractivity contribution in [3.8, 4) is 11.5 Å². The number of fused-ring (bicyclic) bond motifs is 1. The summed E-state index contributed by atoms with van der Waals surface area (Å²) in [6, 6.07) is 3.93. The number of benzene rings is 1. The number of ether oxygens (including phenoxy) is 2. The van der Waals surface area contributed by atoms with Crippen LogP contribution in [-0.2, 0) is 0 Å². The van der Waals surface area contributed by atoms with Gasteiger partial charge in [-0.1, -0.05) is 0 Å². The van der Waals surface area contributed by atoms with Crippen LogP contribution in [0.4, 0.5) is 13.6 Å². The van der Waals surface area contributed by atoms with E-state index < -0.39 is 12.4 Å². The molecule has 0 spiro atoms. The number of carbonyl (C=O) groups is 2. The van der Waals surface area contributed by atoms with Crippen molar-refractivity contribution >= 4 is 12.0 Å². The van der Waals surface area contributed by atoms with Crippen LogP contribution in [0.25, 0.3) is 0 Å². The van der Waals surface area contributed by atoms with E-state index in [-0.39, 0.29) is 23.0 Å². The smallest absolute Gasteiger partial charge is 0.530 e. The number of piperidine rings is 1. The number of likely N-dealkylation sites (tertiary alicyclic amines) is 1. The van der Waals surface area contributed by atoms with Crippen LogP contribution in [0.2, 0.25) is 0 Å². The topological polar surface area (TPSA) is 103 Å². The predicted octanol–water partition coefficient (Wildman–Crippen LogP) is 0.383. The minimum atomic E-state index is -3.71. The zero-order valence-electron chi connectivity index (χ0n) is 14.5. The molecule has 8 nitrogen and oxygen atoms in total. The predicted molar refractivity (Wildman–Crippen MR) is 87.5 cm³/mol. The molecular formula is C17H20F2N3O5-. The summed E-state index contributed by atoms with van der Waals surface area (Å²) in [5.74, 6) is -0.321. The first kappa shape index (κ1) is 19.2. The first-order valence-corrected chi connectivity index (χ1v) is 8.68. The second-order valence-electron chi connectivity index (χ2n) is 6.54. The molecule has 1 aromatic rings. The molecule has 3 rings (SSSR count). The summed E-state index contributed by atoms with van der Waals surface area (Å²) in [6.45, 7) is 3.05. The Labute approximate surface area is 154 Å². The Morgan fingerprint density at radius 2 is 1.89 bits per heavy atom. The number of nitrogens with zero attached hydrogens (tertiary/aromatic N) is 1. The van der Waals surface area contributed by atoms with Gasteiger partial charge in [-0.25, -0.2) is 0 Å². The van der Waals surface area contributed by atoms with E-state index in [1.54, 1.807) is 0 Å². The Morgan fingerprint density at radius 1 is 1.19 bits per heavy atom. The van der Waals surface area contributed by atoms with Gasteiger partial charge in [0.1, 0.15) is 6.09 Å². The molecule has 0 saturated carbocycles. The molecule has 10 heteroatoms. The number of carboxylic acid groups (broad SMARTS) is 1. The summed E-state index contributed by atoms with van der Waals surface area (Å²) in [7, 11) is 0. The Morgan fingerprint density at radius 3 is 2.59 bits per heavy atom. The molecule has 0 radical (unpaired) electrons. The summed E-state index contributed by atoms with van der Waals surface area (Å²) >= 11 is 0. The zero-order chi connectivity index (χ0) is 19.4. The number of hydrogen-bond donors (Lipinski definition) is 2. The second kappa shape index (κ2) is 7.95. The van der Waals surface area contributed by atoms with E-state index in [0.717, 1.165) is 25.9 Å². The van der Waals surface area contributed by atoms with Crippen LogP contribution < -0.4 is 25.2 Å². The summed E-state index contributed by atoms with van der Waals surface area (Å²) in [6.07, 6.45) is -3.24. The minimum absolute atomic E-state index is 0.0999. The van der Waals surface area contributed by atoms with Crippen LogP contribution in [0.3, 0.4) is 0 Å². The highest BCUT2D eigenvalue weighted by atomic mass is 19.3. The maximum absolute atomic E-state index is 13.0. The van der Waals surface area contributed by atoms with E-state index >= 15 is 0 Å². The fraction of sp³-hybridized carbons (Fsp3) is 0.529. The number of rotatable bonds is 6. The Kier molecular flexibility index (Phi) is 5.64. The SMILES string of the molecule is O=C([O-])NCCN1CCC(CNC(=O)c2ccc3c(c2)OC(F)(F)O3)CC1. The number of amides is 2. The quantitative estimate of drug-likeness (QED) is 0.735. The van der Waals surface area contributed by atoms with Crippen LogP contribution in [0, 0.1) is 5.92 Å². The van der Waals surface area contributed by atoms with Gasteiger partial charge >= 0.3 is 6.29 Å². The lowest BCUT2D eigenvalue weighted by Gasteiger charge is -2.32. The summed E-state index contributed by atoms with van der Waals surface area (Å²) in [5, 5.41) is 15.4. The van der Waals surface area contributed by atoms with Gasteiger partial charge in [-0.2, -0.15) is 0 Å². The molecule has 27 heavy (non-hydrogen) atoms. The lowest BCUT2D eigenvalue weighted by Crippen LogP contribution is -2.44. The summed E-state index contributed by atoms with van der Waals surface area (Å²) in [4.78, 5) is 24.7. The lowest BCUT2D eigenvalue weighted by molar-refractivity contribution is -0.286. The molecule has 2 N–H and O–H groups in total. The van der Waals surface area contributed by atoms with Gasteiger partial charge in [-0.3, -0.25) is 4.79 Å². The third-order valence-corrected chi connectivity index (χ3v) is 4.62. The molecule has 0 aromatic heterocycles. The minimum Gasteiger partial charge on any atom is -0.530 e. The number of alkyl halides is 2. The Hall–Kier alpha value is -2.62. The first-order chi connectivity index (χ1) is 12.8. The van der Waals surface area contributed by atoms with Gasteiger partial charge in [0.15, 0.2) is 11.5 Å². The third kappa shape index (κ3) is 5.19. The average Bonchev–Trinajstić information content (AvgIpc) is 2.93. The van der Waals surface area contributed by atoms with Gasteiger partial charge in [0.25, 0.3) is 5.91 Å². The first-order valence-electron chi connectivity index (χ1n) is 8.68. The standard InChI is InChI=1S/C17H21F2N3O5/c18-17(19)26-13-2-1-12(9-14(13)27-17)15(23)21-10-11-3-6-22(7-4-11)8-5-20-16(24)25/h1-2,9,11,20H,3-8,10H2,(H,21,23)(H,24,25)/p-1. The molecule has 0 bridgehead atoms. The molecule has 0 aliphatic carbocycles. The molecule has 2 amide bonds. The zero-order valence-corrected chi connectivity index (χ0v) is 14.5. The average molecular weight is 384 g/mol. The monoisotopic (exact) mass is 384 g/mol. The van der Waals surface area contributed by atoms with E-state index in [4.69, 9.17) is 0 Å². The van der Waals surface area contributed by atoms with Gasteiger partial charge in [0.2, 0.25) is 0 Å². The number of carbonyl (C=O) groups excluding carboxylic acids is 2. The van der Waals surface area contributed by atoms with Crippen molar-refractivity contribution in [2.24, 2.45) is 5.92 Å². The maximum Gasteiger partial charge on any atom is 0.586 e. The van der Waals surface area contributed by atoms with Crippen molar-refractivity contribution in [1.82, 2.24) is 15.5 Å². The molecule has 148 valence electrons. The number of hydrogen-bond acceptors (Lipinski definition) is 6. The molecule has 2 aliphatic rings. The normalized spacial score (nSPS) is 18.9. The van der Waals surface area contributed by atoms with Crippen molar-refractivity contribution in [2.75, 3.05) is 32.7 Å². The largest absolute Gasteiger partial charge is 0.586 e. The molecule has 0 atom stereocenters. The van der Waals surface area contributed by atoms with Crippen LogP contribution in [0.5, 0.6) is 11.5 Å². The van der Waals surface area contributed by atoms with Crippen molar-refractivity contribution < 1.29 is 33.0 Å². The highest BCUT2D eigenvalue weighted by Gasteiger charge is 2.43. The maximum atomic E-state index is 13.0. The molecular weight excluding hydrogens is 364 g/mol. The van der Waals surface area contributed by atoms with Gasteiger partial charge in [0.05, 0.1) is 0 Å². The molecule has 1 fully saturated rings. The lowest BCUT2D eigenvalue weighted by atomic mass is 9.96. The van der Waals surface area contributed by atoms with Crippen molar-refractivity contribution in [3.05, 3.63) is 23.8 Å². The molecule has 1 aromatic carbocycles. The second-order valence-corrected chi connectivity index (χ2v) is 6.54. The molecule has 2 aliphatic heterocycles. The van der Waals surface area contributed by atoms with Crippen LogP contribution in [0.1, 0.15) is 23.2 Å². The van der Waals surface area contributed by atoms with E-state index in [0.29, 0.717) is 25.6 Å². The number of halogens is 2. The Balaban J connectivity index is 1.41. The van der Waals surface area contributed by atoms with Crippen molar-refractivity contribution in [3.63, 3.8) is 0 Å². The highest BCUT2D eigenvalue weighted by molar-refractivity contribution is 5.94. The highest BCUT2D eigenvalue weighted by Crippen LogP contribution is 2.41. The van der Waals surface area contributed by atoms with E-state index in [1.807, 2.05) is 0 Å². The van der Waals surface area contributed by atoms with Crippen LogP contribution >= 0.6 is 0 Å². The van der Waals surface area contributed by atoms with E-state index in [1.165, 1.54) is 18.2 Å². The van der Waals surface area contributed by atoms with E-state index in [2.05, 4.69) is 25.0 Å². The van der Waals surface area contributed by atoms with Crippen molar-refractivity contribution in [2.45, 2.75) is 19.1 Å². The summed E-state index contributed by atoms with van der Waals surface area (Å²) in [5.41, 5.74) is 0.223. The third-order valence-electron chi connectivity index (χ3n) is 4.62. The molecule has 2 heterocycles. The molecule has 0 unspecified atom stereocenters. The van der Waals surface area contributed by atoms with Crippen LogP contribution in [-0.4, -0.2) is 55.9 Å². The van der Waals surface area contributed by atoms with Gasteiger partial charge in [0, 0.05) is 25.2 Å². The number of nitrogens with one attached hydrogen (secondary N) is 2. The van der Waals surface area contributed by atoms with Gasteiger partial charge in [-0.15, -0.1) is 8.78 Å². The fourth-order valence-electron chi connectivity index (χ4n) is 3.16. The van der Waals surface area contributed by atoms with Gasteiger partial charge < -0.3 is 34.9 Å². The van der Waals surface area contributed by atoms with Gasteiger partial charge in [-0.05, 0) is 50.0 Å². The summed E-state index contributed by atoms with van der Waals surface area (Å²) < 4.78 is 34.7. The molecule has 1 saturated heterocycles. The van der Waals surface area contributed by atoms with E-state index in [9.17, 15) is 23.5 Å². The van der Waals surface area contributed by atoms with Crippen molar-refractivity contribution in [1.29, 1.82) is 0 Å².